The average Bonchev–Trinajstić information content (AvgIpc) is 3.26. The number of aryl methyl sites for hydroxylation is 1. The van der Waals surface area contributed by atoms with Gasteiger partial charge < -0.3 is 9.80 Å². The van der Waals surface area contributed by atoms with Crippen LogP contribution in [0.15, 0.2) is 60.2 Å². The van der Waals surface area contributed by atoms with E-state index in [4.69, 9.17) is 0 Å². The van der Waals surface area contributed by atoms with Gasteiger partial charge in [0.05, 0.1) is 5.39 Å². The molecular formula is C23H22N4OS. The summed E-state index contributed by atoms with van der Waals surface area (Å²) in [7, 11) is 0. The van der Waals surface area contributed by atoms with Gasteiger partial charge in [0.1, 0.15) is 17.0 Å². The van der Waals surface area contributed by atoms with Crippen molar-refractivity contribution in [3.8, 4) is 0 Å². The van der Waals surface area contributed by atoms with Gasteiger partial charge in [0.15, 0.2) is 0 Å². The van der Waals surface area contributed by atoms with Gasteiger partial charge in [-0.3, -0.25) is 4.79 Å². The number of hydrogen-bond donors (Lipinski definition) is 0. The lowest BCUT2D eigenvalue weighted by Crippen LogP contribution is -2.49. The summed E-state index contributed by atoms with van der Waals surface area (Å²) in [5.74, 6) is 1.22. The molecule has 4 aromatic rings. The molecule has 0 N–H and O–H groups in total. The Balaban J connectivity index is 1.19. The molecule has 0 spiro atoms. The van der Waals surface area contributed by atoms with Crippen LogP contribution in [-0.2, 0) is 11.2 Å². The number of rotatable bonds is 4. The highest BCUT2D eigenvalue weighted by atomic mass is 32.1. The van der Waals surface area contributed by atoms with Crippen LogP contribution >= 0.6 is 11.3 Å². The number of aromatic nitrogens is 2. The van der Waals surface area contributed by atoms with E-state index in [1.54, 1.807) is 17.7 Å². The Morgan fingerprint density at radius 1 is 0.966 bits per heavy atom. The molecule has 0 bridgehead atoms. The third-order valence-electron chi connectivity index (χ3n) is 5.61. The van der Waals surface area contributed by atoms with Crippen molar-refractivity contribution >= 4 is 44.1 Å². The van der Waals surface area contributed by atoms with Crippen LogP contribution in [0.25, 0.3) is 21.0 Å². The van der Waals surface area contributed by atoms with Gasteiger partial charge in [0.2, 0.25) is 5.91 Å². The van der Waals surface area contributed by atoms with Crippen molar-refractivity contribution < 1.29 is 4.79 Å². The van der Waals surface area contributed by atoms with Crippen LogP contribution in [0.5, 0.6) is 0 Å². The Labute approximate surface area is 173 Å². The lowest BCUT2D eigenvalue weighted by Gasteiger charge is -2.35. The topological polar surface area (TPSA) is 49.3 Å². The monoisotopic (exact) mass is 402 g/mol. The quantitative estimate of drug-likeness (QED) is 0.515. The number of piperazine rings is 1. The van der Waals surface area contributed by atoms with Crippen LogP contribution in [0.1, 0.15) is 12.0 Å². The molecule has 5 nitrogen and oxygen atoms in total. The largest absolute Gasteiger partial charge is 0.352 e. The van der Waals surface area contributed by atoms with Gasteiger partial charge in [-0.2, -0.15) is 0 Å². The van der Waals surface area contributed by atoms with E-state index in [-0.39, 0.29) is 5.91 Å². The second kappa shape index (κ2) is 7.79. The number of thiophene rings is 1. The van der Waals surface area contributed by atoms with E-state index in [0.29, 0.717) is 6.42 Å². The van der Waals surface area contributed by atoms with Crippen molar-refractivity contribution in [2.45, 2.75) is 12.8 Å². The summed E-state index contributed by atoms with van der Waals surface area (Å²) < 4.78 is 0. The Hall–Kier alpha value is -2.99. The van der Waals surface area contributed by atoms with Crippen LogP contribution in [0.3, 0.4) is 0 Å². The summed E-state index contributed by atoms with van der Waals surface area (Å²) in [6.45, 7) is 3.10. The zero-order chi connectivity index (χ0) is 19.6. The van der Waals surface area contributed by atoms with Gasteiger partial charge in [-0.1, -0.05) is 42.5 Å². The normalized spacial score (nSPS) is 14.6. The standard InChI is InChI=1S/C23H22N4OS/c28-21(8-6-17-5-7-18-3-1-2-4-19(18)15-17)26-10-12-27(13-11-26)22-20-9-14-29-23(20)25-16-24-22/h1-5,7,9,14-16H,6,8,10-13H2. The number of nitrogens with zero attached hydrogens (tertiary/aromatic N) is 4. The average molecular weight is 403 g/mol. The molecule has 1 amide bonds. The second-order valence-electron chi connectivity index (χ2n) is 7.39. The van der Waals surface area contributed by atoms with Crippen molar-refractivity contribution in [2.24, 2.45) is 0 Å². The van der Waals surface area contributed by atoms with Crippen molar-refractivity contribution in [1.82, 2.24) is 14.9 Å². The first kappa shape index (κ1) is 18.1. The minimum atomic E-state index is 0.237. The third-order valence-corrected chi connectivity index (χ3v) is 6.43. The zero-order valence-corrected chi connectivity index (χ0v) is 16.9. The molecule has 0 saturated carbocycles. The molecule has 0 unspecified atom stereocenters. The van der Waals surface area contributed by atoms with E-state index in [9.17, 15) is 4.79 Å². The molecule has 3 heterocycles. The van der Waals surface area contributed by atoms with E-state index >= 15 is 0 Å². The van der Waals surface area contributed by atoms with Crippen molar-refractivity contribution in [3.05, 3.63) is 65.8 Å². The fourth-order valence-electron chi connectivity index (χ4n) is 4.00. The molecule has 0 radical (unpaired) electrons. The van der Waals surface area contributed by atoms with E-state index in [2.05, 4.69) is 68.8 Å². The number of anilines is 1. The molecule has 29 heavy (non-hydrogen) atoms. The molecule has 2 aromatic carbocycles. The number of benzene rings is 2. The maximum Gasteiger partial charge on any atom is 0.223 e. The molecule has 1 saturated heterocycles. The molecule has 0 aliphatic carbocycles. The van der Waals surface area contributed by atoms with Crippen molar-refractivity contribution in [3.63, 3.8) is 0 Å². The highest BCUT2D eigenvalue weighted by molar-refractivity contribution is 7.16. The maximum atomic E-state index is 12.7. The lowest BCUT2D eigenvalue weighted by molar-refractivity contribution is -0.131. The Bertz CT molecular complexity index is 1160. The molecule has 1 aliphatic heterocycles. The molecule has 146 valence electrons. The smallest absolute Gasteiger partial charge is 0.223 e. The van der Waals surface area contributed by atoms with Crippen LogP contribution in [-0.4, -0.2) is 47.0 Å². The summed E-state index contributed by atoms with van der Waals surface area (Å²) in [5.41, 5.74) is 1.22. The SMILES string of the molecule is O=C(CCc1ccc2ccccc2c1)N1CCN(c2ncnc3sccc23)CC1. The number of amides is 1. The Kier molecular flexibility index (Phi) is 4.86. The lowest BCUT2D eigenvalue weighted by atomic mass is 10.0. The van der Waals surface area contributed by atoms with E-state index < -0.39 is 0 Å². The number of hydrogen-bond acceptors (Lipinski definition) is 5. The van der Waals surface area contributed by atoms with Crippen molar-refractivity contribution in [1.29, 1.82) is 0 Å². The van der Waals surface area contributed by atoms with Crippen LogP contribution < -0.4 is 4.90 Å². The predicted octanol–water partition coefficient (Wildman–Crippen LogP) is 4.13. The molecule has 1 fully saturated rings. The maximum absolute atomic E-state index is 12.7. The summed E-state index contributed by atoms with van der Waals surface area (Å²) in [6.07, 6.45) is 2.97. The fourth-order valence-corrected chi connectivity index (χ4v) is 4.73. The molecular weight excluding hydrogens is 380 g/mol. The number of carbonyl (C=O) groups is 1. The summed E-state index contributed by atoms with van der Waals surface area (Å²) in [6, 6.07) is 16.9. The van der Waals surface area contributed by atoms with Gasteiger partial charge in [-0.05, 0) is 34.2 Å². The van der Waals surface area contributed by atoms with Crippen molar-refractivity contribution in [2.75, 3.05) is 31.1 Å². The minimum absolute atomic E-state index is 0.237. The van der Waals surface area contributed by atoms with Crippen LogP contribution in [0, 0.1) is 0 Å². The van der Waals surface area contributed by atoms with E-state index in [1.807, 2.05) is 4.90 Å². The highest BCUT2D eigenvalue weighted by Crippen LogP contribution is 2.27. The van der Waals surface area contributed by atoms with Gasteiger partial charge in [0.25, 0.3) is 0 Å². The third kappa shape index (κ3) is 3.68. The molecule has 6 heteroatoms. The summed E-state index contributed by atoms with van der Waals surface area (Å²) >= 11 is 1.63. The van der Waals surface area contributed by atoms with Crippen LogP contribution in [0.2, 0.25) is 0 Å². The molecule has 0 atom stereocenters. The first-order valence-corrected chi connectivity index (χ1v) is 10.8. The fraction of sp³-hybridized carbons (Fsp3) is 0.261. The molecule has 5 rings (SSSR count). The van der Waals surface area contributed by atoms with Crippen LogP contribution in [0.4, 0.5) is 5.82 Å². The zero-order valence-electron chi connectivity index (χ0n) is 16.1. The van der Waals surface area contributed by atoms with Gasteiger partial charge in [0, 0.05) is 32.6 Å². The van der Waals surface area contributed by atoms with Gasteiger partial charge in [-0.25, -0.2) is 9.97 Å². The number of fused-ring (bicyclic) bond motifs is 2. The van der Waals surface area contributed by atoms with E-state index in [0.717, 1.165) is 48.6 Å². The van der Waals surface area contributed by atoms with E-state index in [1.165, 1.54) is 16.3 Å². The van der Waals surface area contributed by atoms with Gasteiger partial charge in [-0.15, -0.1) is 11.3 Å². The first-order valence-electron chi connectivity index (χ1n) is 9.96. The Morgan fingerprint density at radius 3 is 2.66 bits per heavy atom. The molecule has 1 aliphatic rings. The summed E-state index contributed by atoms with van der Waals surface area (Å²) in [5, 5.41) is 5.63. The highest BCUT2D eigenvalue weighted by Gasteiger charge is 2.23. The second-order valence-corrected chi connectivity index (χ2v) is 8.28. The first-order chi connectivity index (χ1) is 14.3. The van der Waals surface area contributed by atoms with Gasteiger partial charge >= 0.3 is 0 Å². The summed E-state index contributed by atoms with van der Waals surface area (Å²) in [4.78, 5) is 26.8. The Morgan fingerprint density at radius 2 is 1.79 bits per heavy atom. The number of carbonyl (C=O) groups excluding carboxylic acids is 1. The predicted molar refractivity (Wildman–Crippen MR) is 118 cm³/mol. The minimum Gasteiger partial charge on any atom is -0.352 e. The molecule has 2 aromatic heterocycles.